The molecular formula is C14H10ClF3N2O. The molecule has 0 saturated carbocycles. The second kappa shape index (κ2) is 5.73. The van der Waals surface area contributed by atoms with E-state index in [4.69, 9.17) is 11.6 Å². The van der Waals surface area contributed by atoms with Gasteiger partial charge in [-0.3, -0.25) is 4.79 Å². The predicted molar refractivity (Wildman–Crippen MR) is 73.4 cm³/mol. The van der Waals surface area contributed by atoms with Gasteiger partial charge in [-0.2, -0.15) is 13.2 Å². The number of nitrogens with zero attached hydrogens (tertiary/aromatic N) is 1. The third kappa shape index (κ3) is 3.72. The quantitative estimate of drug-likeness (QED) is 0.897. The zero-order chi connectivity index (χ0) is 15.6. The number of amides is 1. The minimum absolute atomic E-state index is 0.0105. The van der Waals surface area contributed by atoms with E-state index in [1.807, 2.05) is 0 Å². The molecule has 1 amide bonds. The lowest BCUT2D eigenvalue weighted by molar-refractivity contribution is -0.141. The number of rotatable bonds is 2. The highest BCUT2D eigenvalue weighted by Crippen LogP contribution is 2.28. The molecule has 21 heavy (non-hydrogen) atoms. The van der Waals surface area contributed by atoms with Crippen LogP contribution in [-0.2, 0) is 6.18 Å². The van der Waals surface area contributed by atoms with Gasteiger partial charge in [-0.05, 0) is 43.3 Å². The molecule has 1 heterocycles. The summed E-state index contributed by atoms with van der Waals surface area (Å²) in [6.45, 7) is 1.35. The van der Waals surface area contributed by atoms with Crippen LogP contribution >= 0.6 is 11.6 Å². The van der Waals surface area contributed by atoms with Crippen LogP contribution in [0.4, 0.5) is 18.9 Å². The molecule has 0 saturated heterocycles. The van der Waals surface area contributed by atoms with E-state index in [0.29, 0.717) is 10.7 Å². The molecule has 1 N–H and O–H groups in total. The Hall–Kier alpha value is -2.08. The van der Waals surface area contributed by atoms with E-state index in [-0.39, 0.29) is 11.3 Å². The minimum atomic E-state index is -4.53. The molecule has 0 fully saturated rings. The van der Waals surface area contributed by atoms with Gasteiger partial charge in [0.1, 0.15) is 5.69 Å². The smallest absolute Gasteiger partial charge is 0.322 e. The maximum atomic E-state index is 12.5. The topological polar surface area (TPSA) is 42.0 Å². The van der Waals surface area contributed by atoms with E-state index in [1.54, 1.807) is 24.3 Å². The summed E-state index contributed by atoms with van der Waals surface area (Å²) >= 11 is 5.72. The molecule has 1 aromatic carbocycles. The van der Waals surface area contributed by atoms with Gasteiger partial charge in [0.2, 0.25) is 0 Å². The summed E-state index contributed by atoms with van der Waals surface area (Å²) in [7, 11) is 0. The molecule has 2 rings (SSSR count). The van der Waals surface area contributed by atoms with E-state index in [9.17, 15) is 18.0 Å². The van der Waals surface area contributed by atoms with E-state index in [2.05, 4.69) is 10.3 Å². The van der Waals surface area contributed by atoms with Crippen molar-refractivity contribution in [3.63, 3.8) is 0 Å². The minimum Gasteiger partial charge on any atom is -0.322 e. The van der Waals surface area contributed by atoms with Crippen LogP contribution in [0.2, 0.25) is 5.02 Å². The largest absolute Gasteiger partial charge is 0.433 e. The first-order valence-electron chi connectivity index (χ1n) is 5.89. The fraction of sp³-hybridized carbons (Fsp3) is 0.143. The average Bonchev–Trinajstić information content (AvgIpc) is 2.40. The number of anilines is 1. The molecule has 0 aliphatic heterocycles. The molecule has 0 atom stereocenters. The van der Waals surface area contributed by atoms with Gasteiger partial charge in [-0.25, -0.2) is 4.98 Å². The number of hydrogen-bond acceptors (Lipinski definition) is 2. The lowest BCUT2D eigenvalue weighted by Gasteiger charge is -2.10. The number of halogens is 4. The number of hydrogen-bond donors (Lipinski definition) is 1. The van der Waals surface area contributed by atoms with Gasteiger partial charge in [0.05, 0.1) is 11.3 Å². The zero-order valence-electron chi connectivity index (χ0n) is 10.8. The van der Waals surface area contributed by atoms with Gasteiger partial charge in [0, 0.05) is 10.7 Å². The summed E-state index contributed by atoms with van der Waals surface area (Å²) in [4.78, 5) is 15.4. The second-order valence-corrected chi connectivity index (χ2v) is 4.72. The first kappa shape index (κ1) is 15.3. The van der Waals surface area contributed by atoms with Crippen molar-refractivity contribution in [1.82, 2.24) is 4.98 Å². The van der Waals surface area contributed by atoms with Crippen molar-refractivity contribution in [3.8, 4) is 0 Å². The molecule has 0 spiro atoms. The monoisotopic (exact) mass is 314 g/mol. The van der Waals surface area contributed by atoms with Crippen molar-refractivity contribution < 1.29 is 18.0 Å². The Labute approximate surface area is 123 Å². The Morgan fingerprint density at radius 1 is 1.14 bits per heavy atom. The summed E-state index contributed by atoms with van der Waals surface area (Å²) in [5.74, 6) is -0.531. The lowest BCUT2D eigenvalue weighted by Crippen LogP contribution is -2.16. The lowest BCUT2D eigenvalue weighted by atomic mass is 10.1. The van der Waals surface area contributed by atoms with Crippen molar-refractivity contribution in [1.29, 1.82) is 0 Å². The Bertz CT molecular complexity index is 669. The molecule has 3 nitrogen and oxygen atoms in total. The highest BCUT2D eigenvalue weighted by Gasteiger charge is 2.33. The van der Waals surface area contributed by atoms with Crippen molar-refractivity contribution >= 4 is 23.2 Å². The Kier molecular flexibility index (Phi) is 4.18. The molecule has 0 unspecified atom stereocenters. The van der Waals surface area contributed by atoms with Gasteiger partial charge in [0.25, 0.3) is 5.91 Å². The molecule has 110 valence electrons. The van der Waals surface area contributed by atoms with E-state index in [0.717, 1.165) is 12.1 Å². The molecule has 1 aromatic heterocycles. The van der Waals surface area contributed by atoms with Crippen LogP contribution in [0.3, 0.4) is 0 Å². The molecule has 0 radical (unpaired) electrons. The van der Waals surface area contributed by atoms with Crippen LogP contribution in [0.5, 0.6) is 0 Å². The summed E-state index contributed by atoms with van der Waals surface area (Å²) < 4.78 is 37.5. The Morgan fingerprint density at radius 2 is 1.76 bits per heavy atom. The SMILES string of the molecule is Cc1nc(C(F)(F)F)ccc1C(=O)Nc1ccc(Cl)cc1. The summed E-state index contributed by atoms with van der Waals surface area (Å²) in [6, 6.07) is 8.25. The number of nitrogens with one attached hydrogen (secondary N) is 1. The third-order valence-electron chi connectivity index (χ3n) is 2.72. The first-order chi connectivity index (χ1) is 9.77. The highest BCUT2D eigenvalue weighted by atomic mass is 35.5. The first-order valence-corrected chi connectivity index (χ1v) is 6.27. The zero-order valence-corrected chi connectivity index (χ0v) is 11.6. The van der Waals surface area contributed by atoms with Crippen molar-refractivity contribution in [2.24, 2.45) is 0 Å². The van der Waals surface area contributed by atoms with Crippen LogP contribution in [0.25, 0.3) is 0 Å². The number of alkyl halides is 3. The number of aryl methyl sites for hydroxylation is 1. The van der Waals surface area contributed by atoms with Crippen LogP contribution in [0, 0.1) is 6.92 Å². The summed E-state index contributed by atoms with van der Waals surface area (Å²) in [6.07, 6.45) is -4.53. The Balaban J connectivity index is 2.22. The van der Waals surface area contributed by atoms with Gasteiger partial charge in [0.15, 0.2) is 0 Å². The van der Waals surface area contributed by atoms with Gasteiger partial charge >= 0.3 is 6.18 Å². The summed E-state index contributed by atoms with van der Waals surface area (Å²) in [5, 5.41) is 3.08. The number of carbonyl (C=O) groups excluding carboxylic acids is 1. The average molecular weight is 315 g/mol. The number of carbonyl (C=O) groups is 1. The molecule has 0 aliphatic rings. The van der Waals surface area contributed by atoms with E-state index in [1.165, 1.54) is 6.92 Å². The fourth-order valence-electron chi connectivity index (χ4n) is 1.69. The molecular weight excluding hydrogens is 305 g/mol. The van der Waals surface area contributed by atoms with E-state index < -0.39 is 17.8 Å². The van der Waals surface area contributed by atoms with E-state index >= 15 is 0 Å². The molecule has 0 aliphatic carbocycles. The third-order valence-corrected chi connectivity index (χ3v) is 2.97. The van der Waals surface area contributed by atoms with Crippen LogP contribution in [-0.4, -0.2) is 10.9 Å². The summed E-state index contributed by atoms with van der Waals surface area (Å²) in [5.41, 5.74) is -0.444. The number of aromatic nitrogens is 1. The number of benzene rings is 1. The van der Waals surface area contributed by atoms with Crippen LogP contribution < -0.4 is 5.32 Å². The molecule has 0 bridgehead atoms. The van der Waals surface area contributed by atoms with Gasteiger partial charge < -0.3 is 5.32 Å². The highest BCUT2D eigenvalue weighted by molar-refractivity contribution is 6.30. The predicted octanol–water partition coefficient (Wildman–Crippen LogP) is 4.31. The second-order valence-electron chi connectivity index (χ2n) is 4.29. The van der Waals surface area contributed by atoms with Crippen molar-refractivity contribution in [2.75, 3.05) is 5.32 Å². The Morgan fingerprint density at radius 3 is 2.29 bits per heavy atom. The van der Waals surface area contributed by atoms with Crippen LogP contribution in [0.15, 0.2) is 36.4 Å². The normalized spacial score (nSPS) is 11.3. The van der Waals surface area contributed by atoms with Crippen molar-refractivity contribution in [2.45, 2.75) is 13.1 Å². The van der Waals surface area contributed by atoms with Crippen molar-refractivity contribution in [3.05, 3.63) is 58.4 Å². The maximum absolute atomic E-state index is 12.5. The fourth-order valence-corrected chi connectivity index (χ4v) is 1.82. The van der Waals surface area contributed by atoms with Gasteiger partial charge in [-0.15, -0.1) is 0 Å². The standard InChI is InChI=1S/C14H10ClF3N2O/c1-8-11(6-7-12(19-8)14(16,17)18)13(21)20-10-4-2-9(15)3-5-10/h2-7H,1H3,(H,20,21). The number of pyridine rings is 1. The molecule has 7 heteroatoms. The maximum Gasteiger partial charge on any atom is 0.433 e. The molecule has 2 aromatic rings. The van der Waals surface area contributed by atoms with Crippen LogP contribution in [0.1, 0.15) is 21.7 Å². The van der Waals surface area contributed by atoms with Gasteiger partial charge in [-0.1, -0.05) is 11.6 Å².